The van der Waals surface area contributed by atoms with Crippen molar-refractivity contribution < 1.29 is 5.11 Å². The molecule has 2 bridgehead atoms. The van der Waals surface area contributed by atoms with Gasteiger partial charge in [0.1, 0.15) is 0 Å². The molecule has 3 heteroatoms. The van der Waals surface area contributed by atoms with Crippen LogP contribution in [0.1, 0.15) is 61.8 Å². The van der Waals surface area contributed by atoms with Crippen molar-refractivity contribution >= 4 is 12.9 Å². The molecular formula is C26H29BNO. The first-order valence-corrected chi connectivity index (χ1v) is 10.7. The molecule has 2 aromatic rings. The Morgan fingerprint density at radius 1 is 0.793 bits per heavy atom. The van der Waals surface area contributed by atoms with E-state index in [1.165, 1.54) is 22.3 Å². The number of rotatable bonds is 4. The summed E-state index contributed by atoms with van der Waals surface area (Å²) in [5.41, 5.74) is 5.87. The molecule has 0 heterocycles. The molecule has 4 unspecified atom stereocenters. The highest BCUT2D eigenvalue weighted by molar-refractivity contribution is 6.51. The van der Waals surface area contributed by atoms with Crippen molar-refractivity contribution in [3.05, 3.63) is 89.0 Å². The number of aliphatic hydroxyl groups is 1. The zero-order chi connectivity index (χ0) is 20.4. The van der Waals surface area contributed by atoms with Crippen molar-refractivity contribution in [1.82, 2.24) is 5.23 Å². The normalized spacial score (nSPS) is 26.7. The molecule has 6 rings (SSSR count). The number of nitrogens with one attached hydrogen (secondary N) is 1. The SMILES string of the molecule is CC(C)(O)C(C)(C)N[B]c1ccc2c(c1)C1c3ccccc3C2C2C=CC=CC12. The monoisotopic (exact) mass is 382 g/mol. The van der Waals surface area contributed by atoms with E-state index in [4.69, 9.17) is 0 Å². The van der Waals surface area contributed by atoms with Crippen molar-refractivity contribution in [3.8, 4) is 0 Å². The Balaban J connectivity index is 1.53. The van der Waals surface area contributed by atoms with Gasteiger partial charge in [0.2, 0.25) is 7.41 Å². The number of hydrogen-bond donors (Lipinski definition) is 2. The lowest BCUT2D eigenvalue weighted by Gasteiger charge is -2.50. The lowest BCUT2D eigenvalue weighted by Crippen LogP contribution is -2.58. The lowest BCUT2D eigenvalue weighted by molar-refractivity contribution is 0.00627. The summed E-state index contributed by atoms with van der Waals surface area (Å²) < 4.78 is 0. The topological polar surface area (TPSA) is 32.3 Å². The molecule has 2 nitrogen and oxygen atoms in total. The summed E-state index contributed by atoms with van der Waals surface area (Å²) >= 11 is 0. The van der Waals surface area contributed by atoms with Crippen molar-refractivity contribution in [3.63, 3.8) is 0 Å². The van der Waals surface area contributed by atoms with E-state index in [0.29, 0.717) is 23.7 Å². The Morgan fingerprint density at radius 2 is 1.34 bits per heavy atom. The van der Waals surface area contributed by atoms with Gasteiger partial charge in [-0.25, -0.2) is 0 Å². The van der Waals surface area contributed by atoms with Crippen LogP contribution in [-0.2, 0) is 0 Å². The minimum Gasteiger partial charge on any atom is -0.389 e. The molecule has 4 aliphatic carbocycles. The van der Waals surface area contributed by atoms with Crippen LogP contribution in [0.4, 0.5) is 0 Å². The van der Waals surface area contributed by atoms with Crippen LogP contribution in [0.15, 0.2) is 66.8 Å². The largest absolute Gasteiger partial charge is 0.389 e. The average Bonchev–Trinajstić information content (AvgIpc) is 2.71. The van der Waals surface area contributed by atoms with Crippen LogP contribution in [0, 0.1) is 11.8 Å². The molecule has 1 radical (unpaired) electrons. The molecule has 4 atom stereocenters. The van der Waals surface area contributed by atoms with E-state index in [2.05, 4.69) is 79.4 Å². The zero-order valence-corrected chi connectivity index (χ0v) is 17.7. The fourth-order valence-electron chi connectivity index (χ4n) is 5.23. The van der Waals surface area contributed by atoms with E-state index in [1.807, 2.05) is 27.7 Å². The standard InChI is InChI=1S/C26H29BNO/c1-25(2,26(3,4)29)28-27-16-13-14-21-22(15-16)24-19-11-7-5-9-17(19)23(21)18-10-6-8-12-20(18)24/h5-15,17,19,23-24,28-29H,1-4H3. The highest BCUT2D eigenvalue weighted by Gasteiger charge is 2.48. The van der Waals surface area contributed by atoms with Crippen molar-refractivity contribution in [2.45, 2.75) is 50.7 Å². The van der Waals surface area contributed by atoms with E-state index >= 15 is 0 Å². The van der Waals surface area contributed by atoms with Gasteiger partial charge in [0.05, 0.1) is 5.60 Å². The maximum Gasteiger partial charge on any atom is 0.245 e. The molecule has 2 aromatic carbocycles. The Hall–Kier alpha value is -2.10. The number of hydrogen-bond acceptors (Lipinski definition) is 2. The summed E-state index contributed by atoms with van der Waals surface area (Å²) in [5, 5.41) is 13.9. The van der Waals surface area contributed by atoms with Crippen molar-refractivity contribution in [1.29, 1.82) is 0 Å². The maximum absolute atomic E-state index is 10.4. The predicted octanol–water partition coefficient (Wildman–Crippen LogP) is 4.02. The van der Waals surface area contributed by atoms with E-state index in [-0.39, 0.29) is 0 Å². The fraction of sp³-hybridized carbons (Fsp3) is 0.385. The van der Waals surface area contributed by atoms with Gasteiger partial charge in [-0.1, -0.05) is 72.2 Å². The molecule has 2 N–H and O–H groups in total. The van der Waals surface area contributed by atoms with E-state index < -0.39 is 11.1 Å². The summed E-state index contributed by atoms with van der Waals surface area (Å²) in [6.45, 7) is 7.76. The molecule has 0 amide bonds. The summed E-state index contributed by atoms with van der Waals surface area (Å²) in [7, 11) is 2.06. The first-order valence-electron chi connectivity index (χ1n) is 10.7. The second kappa shape index (κ2) is 6.45. The molecule has 147 valence electrons. The Labute approximate surface area is 175 Å². The minimum atomic E-state index is -0.817. The predicted molar refractivity (Wildman–Crippen MR) is 121 cm³/mol. The summed E-state index contributed by atoms with van der Waals surface area (Å²) in [6.07, 6.45) is 9.25. The van der Waals surface area contributed by atoms with Gasteiger partial charge in [0.25, 0.3) is 0 Å². The van der Waals surface area contributed by atoms with Gasteiger partial charge in [-0.3, -0.25) is 0 Å². The average molecular weight is 382 g/mol. The molecule has 0 aromatic heterocycles. The first kappa shape index (κ1) is 18.9. The number of allylic oxidation sites excluding steroid dienone is 4. The molecule has 29 heavy (non-hydrogen) atoms. The smallest absolute Gasteiger partial charge is 0.245 e. The highest BCUT2D eigenvalue weighted by Crippen LogP contribution is 2.59. The summed E-state index contributed by atoms with van der Waals surface area (Å²) in [4.78, 5) is 0. The molecule has 4 aliphatic rings. The number of benzene rings is 2. The van der Waals surface area contributed by atoms with Crippen molar-refractivity contribution in [2.75, 3.05) is 0 Å². The molecule has 0 spiro atoms. The second-order valence-electron chi connectivity index (χ2n) is 9.87. The lowest BCUT2D eigenvalue weighted by atomic mass is 9.53. The maximum atomic E-state index is 10.4. The quantitative estimate of drug-likeness (QED) is 0.783. The van der Waals surface area contributed by atoms with E-state index in [1.54, 1.807) is 0 Å². The highest BCUT2D eigenvalue weighted by atomic mass is 16.3. The van der Waals surface area contributed by atoms with Crippen LogP contribution >= 0.6 is 0 Å². The van der Waals surface area contributed by atoms with Crippen LogP contribution in [-0.4, -0.2) is 23.7 Å². The Morgan fingerprint density at radius 3 is 1.93 bits per heavy atom. The molecule has 0 saturated heterocycles. The molecule has 0 fully saturated rings. The van der Waals surface area contributed by atoms with Crippen LogP contribution in [0.2, 0.25) is 0 Å². The Kier molecular flexibility index (Phi) is 4.21. The van der Waals surface area contributed by atoms with E-state index in [9.17, 15) is 5.11 Å². The molecule has 0 aliphatic heterocycles. The minimum absolute atomic E-state index is 0.410. The third kappa shape index (κ3) is 2.86. The van der Waals surface area contributed by atoms with Crippen molar-refractivity contribution in [2.24, 2.45) is 11.8 Å². The summed E-state index contributed by atoms with van der Waals surface area (Å²) in [6, 6.07) is 15.9. The molecular weight excluding hydrogens is 353 g/mol. The Bertz CT molecular complexity index is 1010. The summed E-state index contributed by atoms with van der Waals surface area (Å²) in [5.74, 6) is 1.93. The van der Waals surface area contributed by atoms with Gasteiger partial charge in [-0.15, -0.1) is 0 Å². The molecule has 0 saturated carbocycles. The van der Waals surface area contributed by atoms with Gasteiger partial charge >= 0.3 is 0 Å². The first-order chi connectivity index (χ1) is 13.8. The van der Waals surface area contributed by atoms with E-state index in [0.717, 1.165) is 5.46 Å². The van der Waals surface area contributed by atoms with Crippen LogP contribution < -0.4 is 10.7 Å². The van der Waals surface area contributed by atoms with Gasteiger partial charge in [0.15, 0.2) is 0 Å². The van der Waals surface area contributed by atoms with Crippen LogP contribution in [0.5, 0.6) is 0 Å². The fourth-order valence-corrected chi connectivity index (χ4v) is 5.23. The van der Waals surface area contributed by atoms with Gasteiger partial charge < -0.3 is 10.3 Å². The second-order valence-corrected chi connectivity index (χ2v) is 9.87. The van der Waals surface area contributed by atoms with Crippen LogP contribution in [0.25, 0.3) is 0 Å². The third-order valence-corrected chi connectivity index (χ3v) is 7.57. The van der Waals surface area contributed by atoms with Gasteiger partial charge in [0, 0.05) is 17.4 Å². The van der Waals surface area contributed by atoms with Gasteiger partial charge in [-0.05, 0) is 61.8 Å². The third-order valence-electron chi connectivity index (χ3n) is 7.57. The van der Waals surface area contributed by atoms with Gasteiger partial charge in [-0.2, -0.15) is 0 Å². The zero-order valence-electron chi connectivity index (χ0n) is 17.7. The van der Waals surface area contributed by atoms with Crippen LogP contribution in [0.3, 0.4) is 0 Å².